The van der Waals surface area contributed by atoms with E-state index in [2.05, 4.69) is 20.3 Å². The van der Waals surface area contributed by atoms with Crippen LogP contribution < -0.4 is 5.32 Å². The second-order valence-corrected chi connectivity index (χ2v) is 9.99. The number of aromatic nitrogens is 3. The van der Waals surface area contributed by atoms with Gasteiger partial charge in [0.1, 0.15) is 28.3 Å². The second kappa shape index (κ2) is 8.02. The number of fused-ring (bicyclic) bond motifs is 4. The highest BCUT2D eigenvalue weighted by Crippen LogP contribution is 2.45. The first-order valence-electron chi connectivity index (χ1n) is 11.2. The highest BCUT2D eigenvalue weighted by molar-refractivity contribution is 7.09. The maximum Gasteiger partial charge on any atom is 0.308 e. The molecule has 10 heteroatoms. The summed E-state index contributed by atoms with van der Waals surface area (Å²) in [6.07, 6.45) is 9.23. The molecule has 0 radical (unpaired) electrons. The minimum Gasteiger partial charge on any atom is -0.481 e. The first kappa shape index (κ1) is 20.5. The number of carboxylic acids is 1. The van der Waals surface area contributed by atoms with Gasteiger partial charge in [0.05, 0.1) is 12.1 Å². The van der Waals surface area contributed by atoms with Crippen LogP contribution in [0.15, 0.2) is 40.0 Å². The zero-order valence-corrected chi connectivity index (χ0v) is 18.6. The number of aliphatic imine (C=N–C) groups is 2. The third-order valence-electron chi connectivity index (χ3n) is 7.22. The number of halogens is 1. The second-order valence-electron chi connectivity index (χ2n) is 9.06. The van der Waals surface area contributed by atoms with E-state index in [1.165, 1.54) is 23.6 Å². The average molecular weight is 467 g/mol. The number of pyridine rings is 1. The van der Waals surface area contributed by atoms with E-state index in [1.807, 2.05) is 5.38 Å². The molecule has 0 spiro atoms. The molecule has 3 N–H and O–H groups in total. The lowest BCUT2D eigenvalue weighted by atomic mass is 9.61. The van der Waals surface area contributed by atoms with Gasteiger partial charge in [0.2, 0.25) is 0 Å². The van der Waals surface area contributed by atoms with Crippen LogP contribution in [0.5, 0.6) is 0 Å². The molecular formula is C23H23FN6O2S. The average Bonchev–Trinajstić information content (AvgIpc) is 3.49. The van der Waals surface area contributed by atoms with Crippen molar-refractivity contribution >= 4 is 40.0 Å². The van der Waals surface area contributed by atoms with Crippen LogP contribution in [0.1, 0.15) is 48.7 Å². The van der Waals surface area contributed by atoms with Gasteiger partial charge in [-0.15, -0.1) is 11.3 Å². The Morgan fingerprint density at radius 2 is 2.03 bits per heavy atom. The van der Waals surface area contributed by atoms with Crippen LogP contribution in [0.2, 0.25) is 0 Å². The summed E-state index contributed by atoms with van der Waals surface area (Å²) in [6, 6.07) is 1.04. The molecule has 3 aromatic heterocycles. The van der Waals surface area contributed by atoms with Crippen molar-refractivity contribution in [3.8, 4) is 0 Å². The molecule has 4 aliphatic rings. The summed E-state index contributed by atoms with van der Waals surface area (Å²) in [5.41, 5.74) is 1.23. The number of aromatic amines is 1. The molecule has 7 rings (SSSR count). The van der Waals surface area contributed by atoms with Crippen molar-refractivity contribution in [2.24, 2.45) is 27.7 Å². The van der Waals surface area contributed by atoms with Gasteiger partial charge in [0.15, 0.2) is 5.84 Å². The maximum absolute atomic E-state index is 13.9. The number of rotatable bonds is 4. The number of carbonyl (C=O) groups is 1. The van der Waals surface area contributed by atoms with Crippen LogP contribution in [0, 0.1) is 23.6 Å². The summed E-state index contributed by atoms with van der Waals surface area (Å²) in [5.74, 6) is 0.138. The molecule has 33 heavy (non-hydrogen) atoms. The van der Waals surface area contributed by atoms with Gasteiger partial charge in [0.25, 0.3) is 0 Å². The zero-order valence-electron chi connectivity index (χ0n) is 17.7. The zero-order chi connectivity index (χ0) is 22.5. The minimum absolute atomic E-state index is 0.146. The fourth-order valence-electron chi connectivity index (χ4n) is 5.71. The molecule has 0 amide bonds. The molecule has 3 saturated carbocycles. The molecule has 3 aromatic rings. The maximum atomic E-state index is 13.9. The van der Waals surface area contributed by atoms with Crippen molar-refractivity contribution in [3.05, 3.63) is 46.4 Å². The Balaban J connectivity index is 1.38. The quantitative estimate of drug-likeness (QED) is 0.539. The molecule has 8 nitrogen and oxygen atoms in total. The lowest BCUT2D eigenvalue weighted by Crippen LogP contribution is -2.56. The number of aliphatic carboxylic acids is 1. The molecule has 0 saturated heterocycles. The Morgan fingerprint density at radius 1 is 1.21 bits per heavy atom. The van der Waals surface area contributed by atoms with Crippen LogP contribution >= 0.6 is 11.3 Å². The Hall–Kier alpha value is -3.14. The fraction of sp³-hybridized carbons (Fsp3) is 0.435. The molecule has 3 fully saturated rings. The molecule has 1 aliphatic heterocycles. The summed E-state index contributed by atoms with van der Waals surface area (Å²) in [6.45, 7) is 0. The molecule has 170 valence electrons. The van der Waals surface area contributed by atoms with Crippen molar-refractivity contribution in [2.45, 2.75) is 44.2 Å². The number of hydrogen-bond donors (Lipinski definition) is 3. The molecular weight excluding hydrogens is 443 g/mol. The Morgan fingerprint density at radius 3 is 2.79 bits per heavy atom. The van der Waals surface area contributed by atoms with Gasteiger partial charge in [-0.1, -0.05) is 0 Å². The highest BCUT2D eigenvalue weighted by atomic mass is 32.1. The molecule has 3 atom stereocenters. The van der Waals surface area contributed by atoms with Gasteiger partial charge in [-0.3, -0.25) is 9.79 Å². The topological polar surface area (TPSA) is 116 Å². The van der Waals surface area contributed by atoms with E-state index < -0.39 is 17.7 Å². The smallest absolute Gasteiger partial charge is 0.308 e. The molecule has 3 unspecified atom stereocenters. The van der Waals surface area contributed by atoms with Crippen LogP contribution in [0.4, 0.5) is 4.39 Å². The van der Waals surface area contributed by atoms with Crippen molar-refractivity contribution in [2.75, 3.05) is 0 Å². The van der Waals surface area contributed by atoms with E-state index in [0.717, 1.165) is 30.7 Å². The van der Waals surface area contributed by atoms with E-state index in [-0.39, 0.29) is 18.0 Å². The third-order valence-corrected chi connectivity index (χ3v) is 8.10. The normalized spacial score (nSPS) is 29.1. The number of nitrogens with one attached hydrogen (secondary N) is 2. The largest absolute Gasteiger partial charge is 0.481 e. The van der Waals surface area contributed by atoms with Gasteiger partial charge in [-0.2, -0.15) is 0 Å². The standard InChI is InChI=1S/C23H23FN6O2S/c24-13-7-14-15(10-27-20(14)26-9-13)21-28-16(22-25-5-6-33-22)8-17(30-21)29-19-12-3-1-11(2-4-12)18(19)23(31)32/h5-7,9-12,16,18-19H,1-4,8H2,(H,26,27)(H,31,32)(H,28,29,30). The lowest BCUT2D eigenvalue weighted by molar-refractivity contribution is -0.149. The van der Waals surface area contributed by atoms with Gasteiger partial charge < -0.3 is 15.4 Å². The van der Waals surface area contributed by atoms with Gasteiger partial charge >= 0.3 is 5.97 Å². The van der Waals surface area contributed by atoms with Crippen LogP contribution in [-0.2, 0) is 4.79 Å². The molecule has 0 aromatic carbocycles. The van der Waals surface area contributed by atoms with E-state index in [4.69, 9.17) is 9.98 Å². The van der Waals surface area contributed by atoms with Crippen LogP contribution in [0.3, 0.4) is 0 Å². The van der Waals surface area contributed by atoms with Crippen LogP contribution in [-0.4, -0.2) is 43.7 Å². The number of H-pyrrole nitrogens is 1. The highest BCUT2D eigenvalue weighted by Gasteiger charge is 2.47. The summed E-state index contributed by atoms with van der Waals surface area (Å²) in [5, 5.41) is 16.9. The van der Waals surface area contributed by atoms with E-state index in [9.17, 15) is 14.3 Å². The third kappa shape index (κ3) is 3.62. The predicted molar refractivity (Wildman–Crippen MR) is 123 cm³/mol. The fourth-order valence-corrected chi connectivity index (χ4v) is 6.39. The molecule has 3 aliphatic carbocycles. The van der Waals surface area contributed by atoms with E-state index in [1.54, 1.807) is 12.4 Å². The predicted octanol–water partition coefficient (Wildman–Crippen LogP) is 3.93. The first-order valence-corrected chi connectivity index (χ1v) is 12.1. The summed E-state index contributed by atoms with van der Waals surface area (Å²) in [4.78, 5) is 33.4. The number of hydrogen-bond acceptors (Lipinski definition) is 7. The summed E-state index contributed by atoms with van der Waals surface area (Å²) in [7, 11) is 0. The number of carboxylic acid groups (broad SMARTS) is 1. The van der Waals surface area contributed by atoms with Crippen molar-refractivity contribution in [3.63, 3.8) is 0 Å². The summed E-state index contributed by atoms with van der Waals surface area (Å²) >= 11 is 1.53. The minimum atomic E-state index is -0.734. The van der Waals surface area contributed by atoms with Crippen molar-refractivity contribution in [1.29, 1.82) is 0 Å². The lowest BCUT2D eigenvalue weighted by Gasteiger charge is -2.47. The molecule has 2 bridgehead atoms. The molecule has 4 heterocycles. The Kier molecular flexibility index (Phi) is 4.97. The number of thiazole rings is 1. The van der Waals surface area contributed by atoms with Crippen LogP contribution in [0.25, 0.3) is 11.0 Å². The SMILES string of the molecule is O=C(O)C1C2CCC(CC2)C1NC1=NC(c2c[nH]c3ncc(F)cc23)=NC(c2nccs2)C1. The van der Waals surface area contributed by atoms with E-state index in [0.29, 0.717) is 40.6 Å². The monoisotopic (exact) mass is 466 g/mol. The van der Waals surface area contributed by atoms with Gasteiger partial charge in [0, 0.05) is 41.2 Å². The van der Waals surface area contributed by atoms with Gasteiger partial charge in [-0.25, -0.2) is 19.4 Å². The number of amidine groups is 2. The first-order chi connectivity index (χ1) is 16.1. The van der Waals surface area contributed by atoms with Gasteiger partial charge in [-0.05, 0) is 43.6 Å². The number of nitrogens with zero attached hydrogens (tertiary/aromatic N) is 4. The van der Waals surface area contributed by atoms with Crippen molar-refractivity contribution < 1.29 is 14.3 Å². The Labute approximate surface area is 193 Å². The Bertz CT molecular complexity index is 1260. The van der Waals surface area contributed by atoms with E-state index >= 15 is 0 Å². The summed E-state index contributed by atoms with van der Waals surface area (Å²) < 4.78 is 13.9. The van der Waals surface area contributed by atoms with Crippen molar-refractivity contribution in [1.82, 2.24) is 20.3 Å².